The van der Waals surface area contributed by atoms with Gasteiger partial charge < -0.3 is 19.7 Å². The van der Waals surface area contributed by atoms with Crippen LogP contribution >= 0.6 is 11.3 Å². The highest BCUT2D eigenvalue weighted by Gasteiger charge is 2.30. The molecular formula is C19H18N2O4S. The summed E-state index contributed by atoms with van der Waals surface area (Å²) in [6, 6.07) is 8.86. The van der Waals surface area contributed by atoms with Crippen LogP contribution in [0, 0.1) is 0 Å². The quantitative estimate of drug-likeness (QED) is 0.819. The maximum atomic E-state index is 12.6. The van der Waals surface area contributed by atoms with E-state index in [0.29, 0.717) is 31.0 Å². The van der Waals surface area contributed by atoms with Gasteiger partial charge in [0.25, 0.3) is 0 Å². The van der Waals surface area contributed by atoms with Crippen LogP contribution in [0.25, 0.3) is 0 Å². The number of hydrogen-bond donors (Lipinski definition) is 1. The summed E-state index contributed by atoms with van der Waals surface area (Å²) in [6.45, 7) is 1.05. The van der Waals surface area contributed by atoms with E-state index < -0.39 is 6.04 Å². The van der Waals surface area contributed by atoms with Crippen molar-refractivity contribution >= 4 is 23.2 Å². The van der Waals surface area contributed by atoms with Gasteiger partial charge in [0, 0.05) is 18.0 Å². The van der Waals surface area contributed by atoms with E-state index in [9.17, 15) is 9.59 Å². The van der Waals surface area contributed by atoms with Gasteiger partial charge in [-0.2, -0.15) is 0 Å². The van der Waals surface area contributed by atoms with E-state index in [0.717, 1.165) is 10.4 Å². The highest BCUT2D eigenvalue weighted by Crippen LogP contribution is 2.32. The fourth-order valence-electron chi connectivity index (χ4n) is 3.02. The minimum atomic E-state index is -0.559. The number of ether oxygens (including phenoxy) is 2. The Morgan fingerprint density at radius 2 is 2.12 bits per heavy atom. The standard InChI is InChI=1S/C19H18N2O4S/c22-18(10-14-3-2-8-26-14)21-7-1-4-15(21)19(23)20-11-13-5-6-16-17(9-13)25-12-24-16/h1-6,8-9,15H,7,10-12H2,(H,20,23)/t15-/m1/s1. The summed E-state index contributed by atoms with van der Waals surface area (Å²) in [5, 5.41) is 4.84. The summed E-state index contributed by atoms with van der Waals surface area (Å²) < 4.78 is 10.6. The molecule has 2 aromatic rings. The number of carbonyl (C=O) groups is 2. The number of benzene rings is 1. The summed E-state index contributed by atoms with van der Waals surface area (Å²) in [5.41, 5.74) is 0.918. The lowest BCUT2D eigenvalue weighted by Crippen LogP contribution is -2.46. The van der Waals surface area contributed by atoms with E-state index in [1.54, 1.807) is 22.3 Å². The molecule has 0 bridgehead atoms. The maximum Gasteiger partial charge on any atom is 0.247 e. The van der Waals surface area contributed by atoms with Crippen LogP contribution in [0.3, 0.4) is 0 Å². The molecular weight excluding hydrogens is 352 g/mol. The second-order valence-corrected chi connectivity index (χ2v) is 7.11. The number of carbonyl (C=O) groups excluding carboxylic acids is 2. The fourth-order valence-corrected chi connectivity index (χ4v) is 3.71. The van der Waals surface area contributed by atoms with Crippen molar-refractivity contribution in [2.24, 2.45) is 0 Å². The molecule has 4 rings (SSSR count). The van der Waals surface area contributed by atoms with E-state index in [1.165, 1.54) is 0 Å². The molecule has 1 aromatic carbocycles. The number of hydrogen-bond acceptors (Lipinski definition) is 5. The second-order valence-electron chi connectivity index (χ2n) is 6.08. The topological polar surface area (TPSA) is 67.9 Å². The van der Waals surface area contributed by atoms with Crippen LogP contribution in [-0.2, 0) is 22.6 Å². The molecule has 1 atom stereocenters. The summed E-state index contributed by atoms with van der Waals surface area (Å²) in [6.07, 6.45) is 3.96. The van der Waals surface area contributed by atoms with Crippen molar-refractivity contribution < 1.29 is 19.1 Å². The van der Waals surface area contributed by atoms with Gasteiger partial charge in [-0.15, -0.1) is 11.3 Å². The summed E-state index contributed by atoms with van der Waals surface area (Å²) >= 11 is 1.55. The second kappa shape index (κ2) is 7.21. The molecule has 0 spiro atoms. The number of nitrogens with zero attached hydrogens (tertiary/aromatic N) is 1. The van der Waals surface area contributed by atoms with Crippen LogP contribution in [-0.4, -0.2) is 36.1 Å². The average Bonchev–Trinajstić information content (AvgIpc) is 3.39. The van der Waals surface area contributed by atoms with Crippen molar-refractivity contribution in [2.75, 3.05) is 13.3 Å². The largest absolute Gasteiger partial charge is 0.454 e. The molecule has 0 aliphatic carbocycles. The third kappa shape index (κ3) is 3.43. The summed E-state index contributed by atoms with van der Waals surface area (Å²) in [5.74, 6) is 1.17. The first-order valence-corrected chi connectivity index (χ1v) is 9.23. The fraction of sp³-hybridized carbons (Fsp3) is 0.263. The van der Waals surface area contributed by atoms with Crippen molar-refractivity contribution in [1.82, 2.24) is 10.2 Å². The molecule has 0 saturated heterocycles. The van der Waals surface area contributed by atoms with Crippen molar-refractivity contribution in [3.8, 4) is 11.5 Å². The first kappa shape index (κ1) is 16.7. The zero-order chi connectivity index (χ0) is 17.9. The van der Waals surface area contributed by atoms with Crippen molar-refractivity contribution in [3.63, 3.8) is 0 Å². The molecule has 3 heterocycles. The van der Waals surface area contributed by atoms with Gasteiger partial charge in [0.2, 0.25) is 18.6 Å². The van der Waals surface area contributed by atoms with Gasteiger partial charge in [-0.05, 0) is 29.1 Å². The zero-order valence-electron chi connectivity index (χ0n) is 14.0. The molecule has 26 heavy (non-hydrogen) atoms. The van der Waals surface area contributed by atoms with Crippen molar-refractivity contribution in [2.45, 2.75) is 19.0 Å². The average molecular weight is 370 g/mol. The van der Waals surface area contributed by atoms with Gasteiger partial charge in [0.1, 0.15) is 6.04 Å². The molecule has 2 aliphatic heterocycles. The monoisotopic (exact) mass is 370 g/mol. The third-order valence-electron chi connectivity index (χ3n) is 4.35. The normalized spacial score (nSPS) is 17.5. The Bertz CT molecular complexity index is 847. The summed E-state index contributed by atoms with van der Waals surface area (Å²) in [7, 11) is 0. The summed E-state index contributed by atoms with van der Waals surface area (Å²) in [4.78, 5) is 27.7. The lowest BCUT2D eigenvalue weighted by Gasteiger charge is -2.23. The Hall–Kier alpha value is -2.80. The molecule has 6 nitrogen and oxygen atoms in total. The predicted octanol–water partition coefficient (Wildman–Crippen LogP) is 2.10. The highest BCUT2D eigenvalue weighted by molar-refractivity contribution is 7.10. The van der Waals surface area contributed by atoms with Gasteiger partial charge in [-0.1, -0.05) is 24.3 Å². The molecule has 134 valence electrons. The maximum absolute atomic E-state index is 12.6. The molecule has 0 fully saturated rings. The van der Waals surface area contributed by atoms with E-state index in [4.69, 9.17) is 9.47 Å². The Morgan fingerprint density at radius 3 is 2.96 bits per heavy atom. The molecule has 0 saturated carbocycles. The Morgan fingerprint density at radius 1 is 1.23 bits per heavy atom. The van der Waals surface area contributed by atoms with Crippen LogP contribution in [0.1, 0.15) is 10.4 Å². The number of thiophene rings is 1. The number of nitrogens with one attached hydrogen (secondary N) is 1. The SMILES string of the molecule is O=C(NCc1ccc2c(c1)OCO2)[C@H]1C=CCN1C(=O)Cc1cccs1. The first-order chi connectivity index (χ1) is 12.7. The van der Waals surface area contributed by atoms with Gasteiger partial charge in [0.05, 0.1) is 6.42 Å². The molecule has 1 N–H and O–H groups in total. The lowest BCUT2D eigenvalue weighted by atomic mass is 10.2. The van der Waals surface area contributed by atoms with Gasteiger partial charge >= 0.3 is 0 Å². The van der Waals surface area contributed by atoms with Crippen LogP contribution < -0.4 is 14.8 Å². The number of amides is 2. The number of fused-ring (bicyclic) bond motifs is 1. The highest BCUT2D eigenvalue weighted by atomic mass is 32.1. The predicted molar refractivity (Wildman–Crippen MR) is 97.1 cm³/mol. The van der Waals surface area contributed by atoms with E-state index in [-0.39, 0.29) is 18.6 Å². The van der Waals surface area contributed by atoms with Crippen molar-refractivity contribution in [1.29, 1.82) is 0 Å². The Labute approximate surface area is 155 Å². The van der Waals surface area contributed by atoms with Gasteiger partial charge in [0.15, 0.2) is 11.5 Å². The molecule has 2 amide bonds. The first-order valence-electron chi connectivity index (χ1n) is 8.35. The van der Waals surface area contributed by atoms with Crippen LogP contribution in [0.2, 0.25) is 0 Å². The van der Waals surface area contributed by atoms with Crippen LogP contribution in [0.5, 0.6) is 11.5 Å². The van der Waals surface area contributed by atoms with E-state index in [2.05, 4.69) is 5.32 Å². The van der Waals surface area contributed by atoms with Gasteiger partial charge in [-0.25, -0.2) is 0 Å². The van der Waals surface area contributed by atoms with E-state index >= 15 is 0 Å². The number of rotatable bonds is 5. The minimum Gasteiger partial charge on any atom is -0.454 e. The Kier molecular flexibility index (Phi) is 4.62. The van der Waals surface area contributed by atoms with Crippen LogP contribution in [0.4, 0.5) is 0 Å². The lowest BCUT2D eigenvalue weighted by molar-refractivity contribution is -0.137. The van der Waals surface area contributed by atoms with Crippen LogP contribution in [0.15, 0.2) is 47.9 Å². The van der Waals surface area contributed by atoms with E-state index in [1.807, 2.05) is 41.8 Å². The molecule has 2 aliphatic rings. The third-order valence-corrected chi connectivity index (χ3v) is 5.23. The Balaban J connectivity index is 1.36. The smallest absolute Gasteiger partial charge is 0.247 e. The minimum absolute atomic E-state index is 0.0410. The van der Waals surface area contributed by atoms with Crippen molar-refractivity contribution in [3.05, 3.63) is 58.3 Å². The zero-order valence-corrected chi connectivity index (χ0v) is 14.8. The molecule has 0 unspecified atom stereocenters. The molecule has 0 radical (unpaired) electrons. The molecule has 7 heteroatoms. The van der Waals surface area contributed by atoms with Gasteiger partial charge in [-0.3, -0.25) is 9.59 Å². The molecule has 1 aromatic heterocycles.